The number of likely N-dealkylation sites (tertiary alicyclic amines) is 1. The lowest BCUT2D eigenvalue weighted by molar-refractivity contribution is -0.146. The number of ether oxygens (including phenoxy) is 1. The third-order valence-electron chi connectivity index (χ3n) is 16.6. The zero-order valence-corrected chi connectivity index (χ0v) is 48.7. The normalized spacial score (nSPS) is 19.1. The summed E-state index contributed by atoms with van der Waals surface area (Å²) < 4.78 is 7.67. The Labute approximate surface area is 480 Å². The number of thiazole rings is 2. The summed E-state index contributed by atoms with van der Waals surface area (Å²) in [5.74, 6) is -1.37. The second kappa shape index (κ2) is 23.1. The molecule has 16 nitrogen and oxygen atoms in total. The number of aliphatic hydroxyl groups is 1. The molecular weight excluding hydrogens is 1060 g/mol. The molecule has 1 aliphatic carbocycles. The molecule has 18 heteroatoms. The van der Waals surface area contributed by atoms with Gasteiger partial charge in [-0.05, 0) is 134 Å². The van der Waals surface area contributed by atoms with Crippen molar-refractivity contribution in [3.63, 3.8) is 0 Å². The topological polar surface area (TPSA) is 216 Å². The molecule has 4 unspecified atom stereocenters. The molecular formula is C63H70N8O8S2. The number of β-amino-alcohol motifs (C(OH)–C–C–N with tert-alkyl or cyclic N) is 1. The molecule has 5 N–H and O–H groups in total. The number of para-hydroxylation sites is 1. The Bertz CT molecular complexity index is 3490. The maximum absolute atomic E-state index is 14.6. The van der Waals surface area contributed by atoms with Crippen molar-refractivity contribution in [2.45, 2.75) is 131 Å². The van der Waals surface area contributed by atoms with Crippen LogP contribution in [0.15, 0.2) is 103 Å². The maximum Gasteiger partial charge on any atom is 0.355 e. The molecule has 5 heterocycles. The number of hydrogen-bond donors (Lipinski definition) is 5. The number of hydrogen-bond acceptors (Lipinski definition) is 13. The minimum atomic E-state index is -1.16. The first-order chi connectivity index (χ1) is 38.6. The number of carbonyl (C=O) groups is 5. The van der Waals surface area contributed by atoms with E-state index in [0.29, 0.717) is 78.6 Å². The highest BCUT2D eigenvalue weighted by Crippen LogP contribution is 2.42. The van der Waals surface area contributed by atoms with Crippen LogP contribution in [0.4, 0.5) is 10.9 Å². The van der Waals surface area contributed by atoms with Gasteiger partial charge in [0.2, 0.25) is 17.7 Å². The van der Waals surface area contributed by atoms with Gasteiger partial charge in [-0.25, -0.2) is 19.7 Å². The van der Waals surface area contributed by atoms with Crippen LogP contribution in [0.2, 0.25) is 0 Å². The number of rotatable bonds is 15. The maximum atomic E-state index is 14.6. The SMILES string of the molecule is Cc1ncsc1-c1ccc(C(C)NC(=O)C2CC(O)CN2C(=O)C(NC(=O)C(C)(C)C2CCC(Oc3cccc(-c4ccc(N5CCc6cccc(C(=O)Nc7nc8ccccc8s7)c6C5)nc4C(=O)O)c3C)CC2)C(C)(C)C)cc1. The molecule has 2 aliphatic heterocycles. The molecule has 4 atom stereocenters. The second-order valence-electron chi connectivity index (χ2n) is 23.5. The van der Waals surface area contributed by atoms with Crippen molar-refractivity contribution in [3.05, 3.63) is 142 Å². The van der Waals surface area contributed by atoms with Crippen molar-refractivity contribution in [3.8, 4) is 27.3 Å². The first-order valence-corrected chi connectivity index (χ1v) is 29.5. The van der Waals surface area contributed by atoms with Crippen molar-refractivity contribution < 1.29 is 38.9 Å². The van der Waals surface area contributed by atoms with Gasteiger partial charge in [-0.2, -0.15) is 0 Å². The van der Waals surface area contributed by atoms with E-state index in [1.807, 2.05) is 151 Å². The third-order valence-corrected chi connectivity index (χ3v) is 18.5. The number of nitrogens with zero attached hydrogens (tertiary/aromatic N) is 5. The van der Waals surface area contributed by atoms with E-state index in [4.69, 9.17) is 9.72 Å². The summed E-state index contributed by atoms with van der Waals surface area (Å²) in [6, 6.07) is 28.4. The number of benzene rings is 4. The van der Waals surface area contributed by atoms with Crippen LogP contribution in [-0.2, 0) is 27.3 Å². The molecule has 2 fully saturated rings. The van der Waals surface area contributed by atoms with Gasteiger partial charge in [-0.3, -0.25) is 24.5 Å². The monoisotopic (exact) mass is 1130 g/mol. The highest BCUT2D eigenvalue weighted by Gasteiger charge is 2.47. The Balaban J connectivity index is 0.763. The number of nitrogens with one attached hydrogen (secondary N) is 3. The van der Waals surface area contributed by atoms with E-state index in [9.17, 15) is 34.2 Å². The van der Waals surface area contributed by atoms with Crippen LogP contribution >= 0.6 is 22.7 Å². The number of carboxylic acids is 1. The smallest absolute Gasteiger partial charge is 0.355 e. The number of aliphatic hydroxyl groups excluding tert-OH is 1. The molecule has 0 radical (unpaired) electrons. The van der Waals surface area contributed by atoms with E-state index in [0.717, 1.165) is 48.6 Å². The van der Waals surface area contributed by atoms with Gasteiger partial charge in [0.05, 0.1) is 44.5 Å². The van der Waals surface area contributed by atoms with Crippen molar-refractivity contribution in [1.82, 2.24) is 30.5 Å². The van der Waals surface area contributed by atoms with Crippen molar-refractivity contribution in [1.29, 1.82) is 0 Å². The van der Waals surface area contributed by atoms with Crippen molar-refractivity contribution in [2.75, 3.05) is 23.3 Å². The predicted octanol–water partition coefficient (Wildman–Crippen LogP) is 10.9. The van der Waals surface area contributed by atoms with Gasteiger partial charge in [0.1, 0.15) is 23.7 Å². The molecule has 0 bridgehead atoms. The van der Waals surface area contributed by atoms with Gasteiger partial charge in [0, 0.05) is 42.6 Å². The molecule has 422 valence electrons. The number of pyridine rings is 1. The van der Waals surface area contributed by atoms with Gasteiger partial charge in [-0.15, -0.1) is 11.3 Å². The average molecular weight is 1130 g/mol. The largest absolute Gasteiger partial charge is 0.490 e. The zero-order chi connectivity index (χ0) is 57.5. The minimum absolute atomic E-state index is 0.0246. The molecule has 1 saturated carbocycles. The third kappa shape index (κ3) is 12.0. The average Bonchev–Trinajstić information content (AvgIpc) is 4.26. The molecule has 7 aromatic rings. The van der Waals surface area contributed by atoms with Crippen LogP contribution in [0, 0.1) is 30.6 Å². The number of amides is 4. The Kier molecular flexibility index (Phi) is 16.2. The molecule has 3 aliphatic rings. The molecule has 4 amide bonds. The van der Waals surface area contributed by atoms with Crippen LogP contribution in [-0.4, -0.2) is 97.0 Å². The minimum Gasteiger partial charge on any atom is -0.490 e. The van der Waals surface area contributed by atoms with E-state index < -0.39 is 40.9 Å². The second-order valence-corrected chi connectivity index (χ2v) is 25.3. The highest BCUT2D eigenvalue weighted by atomic mass is 32.1. The fourth-order valence-corrected chi connectivity index (χ4v) is 13.4. The van der Waals surface area contributed by atoms with Crippen LogP contribution in [0.3, 0.4) is 0 Å². The number of carbonyl (C=O) groups excluding carboxylic acids is 4. The van der Waals surface area contributed by atoms with Gasteiger partial charge in [0.15, 0.2) is 10.8 Å². The van der Waals surface area contributed by atoms with E-state index in [2.05, 4.69) is 25.9 Å². The fourth-order valence-electron chi connectivity index (χ4n) is 11.7. The van der Waals surface area contributed by atoms with E-state index in [1.54, 1.807) is 23.5 Å². The van der Waals surface area contributed by atoms with Gasteiger partial charge in [0.25, 0.3) is 5.91 Å². The number of anilines is 2. The summed E-state index contributed by atoms with van der Waals surface area (Å²) in [5.41, 5.74) is 8.21. The molecule has 0 spiro atoms. The molecule has 81 heavy (non-hydrogen) atoms. The molecule has 10 rings (SSSR count). The summed E-state index contributed by atoms with van der Waals surface area (Å²) in [6.07, 6.45) is 2.40. The van der Waals surface area contributed by atoms with E-state index >= 15 is 0 Å². The van der Waals surface area contributed by atoms with E-state index in [-0.39, 0.29) is 54.4 Å². The summed E-state index contributed by atoms with van der Waals surface area (Å²) in [4.78, 5) is 87.9. The number of carboxylic acid groups (broad SMARTS) is 1. The standard InChI is InChI=1S/C63H70N8O8S2/c1-35-44(45-27-28-52(67-53(45)59(76)77)70-30-29-39-13-11-15-46(47(39)33-70)56(73)69-61-66-48-16-9-10-18-51(48)81-61)14-12-17-50(35)79-43-25-23-41(24-26-43)63(7,8)60(78)68-55(62(4,5)6)58(75)71-32-42(72)31-49(71)57(74)65-36(2)38-19-21-40(22-20-38)54-37(3)64-34-80-54/h9-22,27-28,34,36,41-43,49,55,72H,23-26,29-33H2,1-8H3,(H,65,74)(H,68,78)(H,76,77)(H,66,69,73). The van der Waals surface area contributed by atoms with Crippen LogP contribution in [0.25, 0.3) is 31.8 Å². The zero-order valence-electron chi connectivity index (χ0n) is 47.0. The quantitative estimate of drug-likeness (QED) is 0.0648. The van der Waals surface area contributed by atoms with Crippen molar-refractivity contribution >= 4 is 73.4 Å². The van der Waals surface area contributed by atoms with Gasteiger partial charge < -0.3 is 35.4 Å². The number of aryl methyl sites for hydroxylation is 1. The first-order valence-electron chi connectivity index (χ1n) is 27.8. The molecule has 1 saturated heterocycles. The van der Waals surface area contributed by atoms with Gasteiger partial charge in [-0.1, -0.05) is 107 Å². The molecule has 4 aromatic carbocycles. The van der Waals surface area contributed by atoms with Crippen LogP contribution < -0.4 is 25.6 Å². The summed E-state index contributed by atoms with van der Waals surface area (Å²) in [6.45, 7) is 16.2. The summed E-state index contributed by atoms with van der Waals surface area (Å²) in [7, 11) is 0. The predicted molar refractivity (Wildman–Crippen MR) is 317 cm³/mol. The lowest BCUT2D eigenvalue weighted by Gasteiger charge is -2.41. The number of aromatic carboxylic acids is 1. The van der Waals surface area contributed by atoms with Crippen LogP contribution in [0.5, 0.6) is 5.75 Å². The Morgan fingerprint density at radius 3 is 2.27 bits per heavy atom. The summed E-state index contributed by atoms with van der Waals surface area (Å²) >= 11 is 2.99. The summed E-state index contributed by atoms with van der Waals surface area (Å²) in [5, 5.41) is 31.2. The first kappa shape index (κ1) is 56.7. The highest BCUT2D eigenvalue weighted by molar-refractivity contribution is 7.22. The Hall–Kier alpha value is -7.54. The molecule has 3 aromatic heterocycles. The van der Waals surface area contributed by atoms with E-state index in [1.165, 1.54) is 16.2 Å². The Morgan fingerprint density at radius 1 is 0.827 bits per heavy atom. The Morgan fingerprint density at radius 2 is 1.57 bits per heavy atom. The lowest BCUT2D eigenvalue weighted by atomic mass is 9.69. The fraction of sp³-hybridized carbons (Fsp3) is 0.397. The van der Waals surface area contributed by atoms with Gasteiger partial charge >= 0.3 is 5.97 Å². The van der Waals surface area contributed by atoms with Crippen LogP contribution in [0.1, 0.15) is 128 Å². The van der Waals surface area contributed by atoms with Crippen molar-refractivity contribution in [2.24, 2.45) is 16.7 Å². The number of fused-ring (bicyclic) bond motifs is 2. The lowest BCUT2D eigenvalue weighted by Crippen LogP contribution is -2.60. The number of aromatic nitrogens is 3.